The van der Waals surface area contributed by atoms with Gasteiger partial charge in [0.2, 0.25) is 5.91 Å². The number of alkyl carbamates (subject to hydrolysis) is 1. The first kappa shape index (κ1) is 28.3. The predicted molar refractivity (Wildman–Crippen MR) is 153 cm³/mol. The van der Waals surface area contributed by atoms with Gasteiger partial charge < -0.3 is 25.6 Å². The predicted octanol–water partition coefficient (Wildman–Crippen LogP) is 3.51. The maximum absolute atomic E-state index is 13.6. The Morgan fingerprint density at radius 1 is 0.927 bits per heavy atom. The number of piperidine rings is 1. The minimum Gasteiger partial charge on any atom is -0.480 e. The maximum atomic E-state index is 13.6. The number of amides is 2. The Hall–Kier alpha value is -4.21. The molecule has 3 aromatic rings. The fourth-order valence-corrected chi connectivity index (χ4v) is 5.84. The second kappa shape index (κ2) is 12.1. The Labute approximate surface area is 239 Å². The zero-order valence-corrected chi connectivity index (χ0v) is 23.0. The van der Waals surface area contributed by atoms with Crippen molar-refractivity contribution in [3.63, 3.8) is 0 Å². The fourth-order valence-electron chi connectivity index (χ4n) is 5.84. The van der Waals surface area contributed by atoms with Gasteiger partial charge in [0.1, 0.15) is 12.1 Å². The maximum Gasteiger partial charge on any atom is 0.408 e. The van der Waals surface area contributed by atoms with Crippen LogP contribution in [0.25, 0.3) is 11.1 Å². The number of carbonyl (C=O) groups is 3. The summed E-state index contributed by atoms with van der Waals surface area (Å²) in [6.07, 6.45) is -1.56. The molecule has 3 aromatic carbocycles. The Bertz CT molecular complexity index is 1360. The number of aliphatic carboxylic acids is 1. The van der Waals surface area contributed by atoms with Crippen LogP contribution in [0.2, 0.25) is 0 Å². The molecule has 9 heteroatoms. The van der Waals surface area contributed by atoms with E-state index >= 15 is 0 Å². The van der Waals surface area contributed by atoms with Gasteiger partial charge in [-0.15, -0.1) is 0 Å². The van der Waals surface area contributed by atoms with Crippen LogP contribution >= 0.6 is 0 Å². The largest absolute Gasteiger partial charge is 0.480 e. The molecule has 1 saturated heterocycles. The lowest BCUT2D eigenvalue weighted by atomic mass is 9.85. The molecule has 5 rings (SSSR count). The standard InChI is InChI=1S/C32H35N3O6/c1-21(36)28(29(37)38)33-30(39)32(15-17-35(18-16-32)19-22-9-3-2-4-10-22)34-31(40)41-20-27-25-13-7-5-11-23(25)24-12-6-8-14-26(24)27/h2-14,21,27-28,36H,15-20H2,1H3,(H,33,39)(H,34,40)(H,37,38)/t21-,28+/m1/s1. The van der Waals surface area contributed by atoms with Gasteiger partial charge in [-0.3, -0.25) is 9.69 Å². The van der Waals surface area contributed by atoms with Crippen molar-refractivity contribution in [2.75, 3.05) is 19.7 Å². The van der Waals surface area contributed by atoms with Gasteiger partial charge >= 0.3 is 12.1 Å². The van der Waals surface area contributed by atoms with Crippen LogP contribution in [-0.4, -0.2) is 70.5 Å². The number of aliphatic hydroxyl groups excluding tert-OH is 1. The summed E-state index contributed by atoms with van der Waals surface area (Å²) in [7, 11) is 0. The molecule has 0 bridgehead atoms. The smallest absolute Gasteiger partial charge is 0.408 e. The van der Waals surface area contributed by atoms with E-state index in [0.717, 1.165) is 27.8 Å². The van der Waals surface area contributed by atoms with Gasteiger partial charge in [0.15, 0.2) is 6.04 Å². The molecule has 1 fully saturated rings. The van der Waals surface area contributed by atoms with Gasteiger partial charge in [-0.2, -0.15) is 0 Å². The van der Waals surface area contributed by atoms with Crippen LogP contribution in [0.1, 0.15) is 42.4 Å². The lowest BCUT2D eigenvalue weighted by Crippen LogP contribution is -2.65. The number of fused-ring (bicyclic) bond motifs is 3. The molecule has 0 saturated carbocycles. The van der Waals surface area contributed by atoms with Crippen molar-refractivity contribution in [2.45, 2.75) is 49.9 Å². The third-order valence-corrected chi connectivity index (χ3v) is 8.11. The summed E-state index contributed by atoms with van der Waals surface area (Å²) in [5.74, 6) is -2.15. The first-order valence-corrected chi connectivity index (χ1v) is 13.9. The van der Waals surface area contributed by atoms with Crippen molar-refractivity contribution in [1.82, 2.24) is 15.5 Å². The van der Waals surface area contributed by atoms with E-state index in [1.165, 1.54) is 6.92 Å². The van der Waals surface area contributed by atoms with Gasteiger partial charge in [0, 0.05) is 25.6 Å². The molecular weight excluding hydrogens is 522 g/mol. The van der Waals surface area contributed by atoms with Crippen LogP contribution in [0.15, 0.2) is 78.9 Å². The molecule has 2 aliphatic rings. The van der Waals surface area contributed by atoms with Crippen molar-refractivity contribution < 1.29 is 29.3 Å². The molecule has 1 heterocycles. The summed E-state index contributed by atoms with van der Waals surface area (Å²) >= 11 is 0. The SMILES string of the molecule is C[C@@H](O)[C@H](NC(=O)C1(NC(=O)OCC2c3ccccc3-c3ccccc32)CCN(Cc2ccccc2)CC1)C(=O)O. The molecule has 0 aromatic heterocycles. The average molecular weight is 558 g/mol. The van der Waals surface area contributed by atoms with Crippen molar-refractivity contribution in [3.8, 4) is 11.1 Å². The van der Waals surface area contributed by atoms with Gasteiger partial charge in [0.25, 0.3) is 0 Å². The number of nitrogens with one attached hydrogen (secondary N) is 2. The molecule has 41 heavy (non-hydrogen) atoms. The quantitative estimate of drug-likeness (QED) is 0.317. The monoisotopic (exact) mass is 557 g/mol. The Balaban J connectivity index is 1.30. The summed E-state index contributed by atoms with van der Waals surface area (Å²) in [5, 5.41) is 24.7. The summed E-state index contributed by atoms with van der Waals surface area (Å²) < 4.78 is 5.73. The number of rotatable bonds is 9. The third-order valence-electron chi connectivity index (χ3n) is 8.11. The number of carboxylic acids is 1. The lowest BCUT2D eigenvalue weighted by Gasteiger charge is -2.41. The molecule has 2 amide bonds. The second-order valence-electron chi connectivity index (χ2n) is 10.8. The Morgan fingerprint density at radius 3 is 2.05 bits per heavy atom. The van der Waals surface area contributed by atoms with Crippen molar-refractivity contribution >= 4 is 18.0 Å². The van der Waals surface area contributed by atoms with Crippen molar-refractivity contribution in [2.24, 2.45) is 0 Å². The van der Waals surface area contributed by atoms with Gasteiger partial charge in [-0.1, -0.05) is 78.9 Å². The highest BCUT2D eigenvalue weighted by molar-refractivity contribution is 5.93. The van der Waals surface area contributed by atoms with Crippen LogP contribution in [0.3, 0.4) is 0 Å². The molecule has 1 aliphatic heterocycles. The third kappa shape index (κ3) is 6.11. The van der Waals surface area contributed by atoms with Crippen molar-refractivity contribution in [3.05, 3.63) is 95.6 Å². The molecular formula is C32H35N3O6. The van der Waals surface area contributed by atoms with E-state index < -0.39 is 35.7 Å². The van der Waals surface area contributed by atoms with E-state index in [1.807, 2.05) is 66.7 Å². The first-order valence-electron chi connectivity index (χ1n) is 13.9. The number of benzene rings is 3. The van der Waals surface area contributed by atoms with E-state index in [1.54, 1.807) is 0 Å². The zero-order chi connectivity index (χ0) is 29.0. The van der Waals surface area contributed by atoms with E-state index in [-0.39, 0.29) is 25.4 Å². The molecule has 4 N–H and O–H groups in total. The summed E-state index contributed by atoms with van der Waals surface area (Å²) in [6.45, 7) is 3.07. The van der Waals surface area contributed by atoms with Crippen LogP contribution < -0.4 is 10.6 Å². The number of ether oxygens (including phenoxy) is 1. The fraction of sp³-hybridized carbons (Fsp3) is 0.344. The Morgan fingerprint density at radius 2 is 1.49 bits per heavy atom. The molecule has 214 valence electrons. The summed E-state index contributed by atoms with van der Waals surface area (Å²) in [5.41, 5.74) is 4.11. The van der Waals surface area contributed by atoms with Crippen molar-refractivity contribution in [1.29, 1.82) is 0 Å². The number of aliphatic hydroxyl groups is 1. The van der Waals surface area contributed by atoms with Crippen LogP contribution in [0, 0.1) is 0 Å². The molecule has 9 nitrogen and oxygen atoms in total. The molecule has 0 unspecified atom stereocenters. The van der Waals surface area contributed by atoms with E-state index in [0.29, 0.717) is 19.6 Å². The number of likely N-dealkylation sites (tertiary alicyclic amines) is 1. The van der Waals surface area contributed by atoms with Gasteiger partial charge in [0.05, 0.1) is 6.10 Å². The van der Waals surface area contributed by atoms with Gasteiger partial charge in [-0.05, 0) is 47.6 Å². The summed E-state index contributed by atoms with van der Waals surface area (Å²) in [6, 6.07) is 24.5. The average Bonchev–Trinajstić information content (AvgIpc) is 3.29. The van der Waals surface area contributed by atoms with Gasteiger partial charge in [-0.25, -0.2) is 9.59 Å². The second-order valence-corrected chi connectivity index (χ2v) is 10.8. The van der Waals surface area contributed by atoms with E-state index in [4.69, 9.17) is 4.74 Å². The highest BCUT2D eigenvalue weighted by Crippen LogP contribution is 2.44. The number of hydrogen-bond donors (Lipinski definition) is 4. The zero-order valence-electron chi connectivity index (χ0n) is 23.0. The minimum absolute atomic E-state index is 0.0864. The minimum atomic E-state index is -1.51. The molecule has 0 radical (unpaired) electrons. The molecule has 1 aliphatic carbocycles. The van der Waals surface area contributed by atoms with Crippen LogP contribution in [-0.2, 0) is 20.9 Å². The number of hydrogen-bond acceptors (Lipinski definition) is 6. The number of nitrogens with zero attached hydrogens (tertiary/aromatic N) is 1. The number of carbonyl (C=O) groups excluding carboxylic acids is 2. The van der Waals surface area contributed by atoms with E-state index in [2.05, 4.69) is 27.7 Å². The van der Waals surface area contributed by atoms with E-state index in [9.17, 15) is 24.6 Å². The normalized spacial score (nSPS) is 17.5. The summed E-state index contributed by atoms with van der Waals surface area (Å²) in [4.78, 5) is 40.7. The van der Waals surface area contributed by atoms with Crippen LogP contribution in [0.5, 0.6) is 0 Å². The lowest BCUT2D eigenvalue weighted by molar-refractivity contribution is -0.146. The highest BCUT2D eigenvalue weighted by atomic mass is 16.5. The Kier molecular flexibility index (Phi) is 8.37. The topological polar surface area (TPSA) is 128 Å². The highest BCUT2D eigenvalue weighted by Gasteiger charge is 2.45. The number of carboxylic acid groups (broad SMARTS) is 1. The molecule has 0 spiro atoms. The van der Waals surface area contributed by atoms with Crippen LogP contribution in [0.4, 0.5) is 4.79 Å². The first-order chi connectivity index (χ1) is 19.8. The molecule has 2 atom stereocenters.